The maximum atomic E-state index is 12.1. The Kier molecular flexibility index (Phi) is 5.72. The molecule has 150 valence electrons. The van der Waals surface area contributed by atoms with Crippen LogP contribution in [-0.2, 0) is 0 Å². The third-order valence-electron chi connectivity index (χ3n) is 4.07. The number of rotatable bonds is 7. The van der Waals surface area contributed by atoms with Crippen LogP contribution in [0.1, 0.15) is 20.8 Å². The highest BCUT2D eigenvalue weighted by molar-refractivity contribution is 5.93. The van der Waals surface area contributed by atoms with Crippen LogP contribution < -0.4 is 25.9 Å². The number of aromatic nitrogens is 2. The van der Waals surface area contributed by atoms with Crippen molar-refractivity contribution < 1.29 is 19.7 Å². The summed E-state index contributed by atoms with van der Waals surface area (Å²) in [6, 6.07) is 6.33. The minimum Gasteiger partial charge on any atom is -0.497 e. The lowest BCUT2D eigenvalue weighted by atomic mass is 9.99. The van der Waals surface area contributed by atoms with Crippen LogP contribution in [0.5, 0.6) is 11.5 Å². The number of oxime groups is 1. The van der Waals surface area contributed by atoms with E-state index in [1.165, 1.54) is 14.0 Å². The molecule has 0 aliphatic carbocycles. The number of nitrogens with two attached hydrogens (primary N) is 1. The van der Waals surface area contributed by atoms with Gasteiger partial charge in [-0.3, -0.25) is 19.9 Å². The highest BCUT2D eigenvalue weighted by Crippen LogP contribution is 2.32. The zero-order valence-electron chi connectivity index (χ0n) is 15.7. The van der Waals surface area contributed by atoms with Crippen LogP contribution in [-0.4, -0.2) is 38.5 Å². The molecule has 12 nitrogen and oxygen atoms in total. The molecular formula is C16H20N6O6. The zero-order valence-corrected chi connectivity index (χ0v) is 15.7. The monoisotopic (exact) mass is 392 g/mol. The second-order valence-electron chi connectivity index (χ2n) is 6.19. The van der Waals surface area contributed by atoms with Gasteiger partial charge < -0.3 is 20.5 Å². The lowest BCUT2D eigenvalue weighted by molar-refractivity contribution is -0.386. The summed E-state index contributed by atoms with van der Waals surface area (Å²) in [6.45, 7) is 4.61. The number of H-pyrrole nitrogens is 1. The van der Waals surface area contributed by atoms with Crippen LogP contribution >= 0.6 is 0 Å². The molecule has 0 aliphatic rings. The number of aromatic amines is 1. The number of ether oxygens (including phenoxy) is 1. The van der Waals surface area contributed by atoms with Crippen LogP contribution in [0.15, 0.2) is 34.2 Å². The van der Waals surface area contributed by atoms with Crippen molar-refractivity contribution in [3.63, 3.8) is 0 Å². The smallest absolute Gasteiger partial charge is 0.379 e. The summed E-state index contributed by atoms with van der Waals surface area (Å²) in [5.74, 6) is 0.0312. The molecule has 28 heavy (non-hydrogen) atoms. The Bertz CT molecular complexity index is 953. The Morgan fingerprint density at radius 1 is 1.36 bits per heavy atom. The zero-order chi connectivity index (χ0) is 21.1. The number of anilines is 2. The van der Waals surface area contributed by atoms with Gasteiger partial charge in [0.05, 0.1) is 17.7 Å². The van der Waals surface area contributed by atoms with Gasteiger partial charge in [-0.25, -0.2) is 0 Å². The molecule has 0 atom stereocenters. The van der Waals surface area contributed by atoms with Gasteiger partial charge in [0.2, 0.25) is 5.95 Å². The molecule has 4 N–H and O–H groups in total. The first-order valence-electron chi connectivity index (χ1n) is 7.97. The van der Waals surface area contributed by atoms with Crippen molar-refractivity contribution in [1.29, 1.82) is 0 Å². The normalized spacial score (nSPS) is 11.8. The number of methoxy groups -OCH3 is 1. The Labute approximate surface area is 159 Å². The van der Waals surface area contributed by atoms with Gasteiger partial charge in [-0.05, 0) is 45.0 Å². The van der Waals surface area contributed by atoms with E-state index in [0.717, 1.165) is 5.06 Å². The Morgan fingerprint density at radius 2 is 1.93 bits per heavy atom. The van der Waals surface area contributed by atoms with Gasteiger partial charge in [0.15, 0.2) is 5.75 Å². The van der Waals surface area contributed by atoms with Crippen LogP contribution in [0.4, 0.5) is 17.5 Å². The standard InChI is InChI=1S/C16H20N6O6/c1-9(20-24)16(2,3)21(28-11-7-5-10(27-4)6-8-11)13-12(22(25)26)14(23)19-15(17)18-13/h5-8,24H,1-4H3,(H3,17,18,19,23)/b20-9+. The van der Waals surface area contributed by atoms with Gasteiger partial charge in [0, 0.05) is 0 Å². The number of benzene rings is 1. The van der Waals surface area contributed by atoms with Crippen molar-refractivity contribution in [2.75, 3.05) is 17.9 Å². The molecule has 0 fully saturated rings. The Morgan fingerprint density at radius 3 is 2.43 bits per heavy atom. The first-order valence-corrected chi connectivity index (χ1v) is 7.97. The summed E-state index contributed by atoms with van der Waals surface area (Å²) in [5, 5.41) is 24.9. The maximum absolute atomic E-state index is 12.1. The van der Waals surface area contributed by atoms with Crippen LogP contribution in [0, 0.1) is 10.1 Å². The predicted molar refractivity (Wildman–Crippen MR) is 101 cm³/mol. The van der Waals surface area contributed by atoms with Crippen molar-refractivity contribution in [2.45, 2.75) is 26.3 Å². The van der Waals surface area contributed by atoms with E-state index in [0.29, 0.717) is 5.75 Å². The fourth-order valence-electron chi connectivity index (χ4n) is 2.21. The van der Waals surface area contributed by atoms with E-state index in [9.17, 15) is 20.1 Å². The van der Waals surface area contributed by atoms with E-state index in [-0.39, 0.29) is 17.4 Å². The highest BCUT2D eigenvalue weighted by Gasteiger charge is 2.40. The van der Waals surface area contributed by atoms with Crippen molar-refractivity contribution in [2.24, 2.45) is 5.16 Å². The van der Waals surface area contributed by atoms with Gasteiger partial charge in [0.1, 0.15) is 11.3 Å². The molecule has 0 spiro atoms. The summed E-state index contributed by atoms with van der Waals surface area (Å²) < 4.78 is 5.08. The largest absolute Gasteiger partial charge is 0.497 e. The molecule has 0 saturated carbocycles. The molecule has 12 heteroatoms. The number of hydrogen-bond acceptors (Lipinski definition) is 10. The first kappa shape index (κ1) is 20.5. The molecule has 1 aromatic carbocycles. The van der Waals surface area contributed by atoms with Crippen LogP contribution in [0.25, 0.3) is 0 Å². The van der Waals surface area contributed by atoms with Crippen LogP contribution in [0.2, 0.25) is 0 Å². The summed E-state index contributed by atoms with van der Waals surface area (Å²) >= 11 is 0. The van der Waals surface area contributed by atoms with E-state index >= 15 is 0 Å². The molecule has 0 saturated heterocycles. The third kappa shape index (κ3) is 3.95. The molecular weight excluding hydrogens is 372 g/mol. The molecule has 2 rings (SSSR count). The van der Waals surface area contributed by atoms with Crippen molar-refractivity contribution in [3.8, 4) is 11.5 Å². The third-order valence-corrected chi connectivity index (χ3v) is 4.07. The minimum atomic E-state index is -1.26. The second kappa shape index (κ2) is 7.82. The van der Waals surface area contributed by atoms with Crippen LogP contribution in [0.3, 0.4) is 0 Å². The van der Waals surface area contributed by atoms with Crippen molar-refractivity contribution >= 4 is 23.2 Å². The first-order chi connectivity index (χ1) is 13.1. The quantitative estimate of drug-likeness (QED) is 0.275. The van der Waals surface area contributed by atoms with Gasteiger partial charge in [-0.15, -0.1) is 0 Å². The molecule has 0 radical (unpaired) electrons. The summed E-state index contributed by atoms with van der Waals surface area (Å²) in [6.07, 6.45) is 0. The Balaban J connectivity index is 2.69. The Hall–Kier alpha value is -3.83. The fourth-order valence-corrected chi connectivity index (χ4v) is 2.21. The number of nitrogen functional groups attached to an aromatic ring is 1. The summed E-state index contributed by atoms with van der Waals surface area (Å²) in [4.78, 5) is 34.5. The van der Waals surface area contributed by atoms with E-state index in [1.54, 1.807) is 38.1 Å². The van der Waals surface area contributed by atoms with Gasteiger partial charge in [-0.1, -0.05) is 5.16 Å². The maximum Gasteiger partial charge on any atom is 0.379 e. The number of nitro groups is 1. The van der Waals surface area contributed by atoms with Gasteiger partial charge in [0.25, 0.3) is 5.82 Å². The number of hydrogen-bond donors (Lipinski definition) is 3. The minimum absolute atomic E-state index is 0.135. The summed E-state index contributed by atoms with van der Waals surface area (Å²) in [5.41, 5.74) is 2.54. The van der Waals surface area contributed by atoms with E-state index < -0.39 is 27.5 Å². The highest BCUT2D eigenvalue weighted by atomic mass is 16.7. The lowest BCUT2D eigenvalue weighted by Gasteiger charge is -2.36. The molecule has 0 amide bonds. The second-order valence-corrected chi connectivity index (χ2v) is 6.19. The average Bonchev–Trinajstić information content (AvgIpc) is 2.64. The molecule has 0 unspecified atom stereocenters. The number of hydroxylamine groups is 1. The topological polar surface area (TPSA) is 169 Å². The number of nitrogens with zero attached hydrogens (tertiary/aromatic N) is 4. The predicted octanol–water partition coefficient (Wildman–Crippen LogP) is 1.70. The van der Waals surface area contributed by atoms with E-state index in [4.69, 9.17) is 15.3 Å². The lowest BCUT2D eigenvalue weighted by Crippen LogP contribution is -2.52. The molecule has 1 heterocycles. The summed E-state index contributed by atoms with van der Waals surface area (Å²) in [7, 11) is 1.50. The van der Waals surface area contributed by atoms with E-state index in [2.05, 4.69) is 15.1 Å². The van der Waals surface area contributed by atoms with Crippen molar-refractivity contribution in [1.82, 2.24) is 9.97 Å². The average molecular weight is 392 g/mol. The molecule has 1 aromatic heterocycles. The van der Waals surface area contributed by atoms with Gasteiger partial charge in [-0.2, -0.15) is 10.0 Å². The molecule has 2 aromatic rings. The van der Waals surface area contributed by atoms with E-state index in [1.807, 2.05) is 0 Å². The van der Waals surface area contributed by atoms with Gasteiger partial charge >= 0.3 is 11.2 Å². The molecule has 0 aliphatic heterocycles. The molecule has 0 bridgehead atoms. The SMILES string of the molecule is COc1ccc(ON(c2nc(N)[nH]c(=O)c2[N+](=O)[O-])C(C)(C)/C(C)=N/O)cc1. The fraction of sp³-hybridized carbons (Fsp3) is 0.312. The van der Waals surface area contributed by atoms with Crippen molar-refractivity contribution in [3.05, 3.63) is 44.7 Å². The number of nitrogens with one attached hydrogen (secondary N) is 1.